The number of rotatable bonds is 14. The molecular weight excluding hydrogens is 636 g/mol. The fourth-order valence-electron chi connectivity index (χ4n) is 5.56. The van der Waals surface area contributed by atoms with Crippen LogP contribution in [0.3, 0.4) is 0 Å². The molecule has 1 unspecified atom stereocenters. The zero-order valence-electron chi connectivity index (χ0n) is 25.8. The van der Waals surface area contributed by atoms with Gasteiger partial charge < -0.3 is 35.2 Å². The lowest BCUT2D eigenvalue weighted by molar-refractivity contribution is -0.202. The predicted octanol–water partition coefficient (Wildman–Crippen LogP) is 3.26. The number of amides is 4. The number of ether oxygens (including phenoxy) is 2. The molecule has 16 heteroatoms. The third kappa shape index (κ3) is 9.33. The molecule has 0 radical (unpaired) electrons. The van der Waals surface area contributed by atoms with E-state index in [4.69, 9.17) is 19.4 Å². The molecule has 47 heavy (non-hydrogen) atoms. The summed E-state index contributed by atoms with van der Waals surface area (Å²) in [6.07, 6.45) is -0.899. The number of sulfone groups is 1. The zero-order valence-corrected chi connectivity index (χ0v) is 26.6. The van der Waals surface area contributed by atoms with Gasteiger partial charge in [0.2, 0.25) is 5.91 Å². The molecule has 0 saturated carbocycles. The van der Waals surface area contributed by atoms with Crippen LogP contribution in [0, 0.1) is 0 Å². The maximum atomic E-state index is 14.2. The van der Waals surface area contributed by atoms with Gasteiger partial charge in [0.25, 0.3) is 5.91 Å². The van der Waals surface area contributed by atoms with Crippen molar-refractivity contribution in [2.75, 3.05) is 26.2 Å². The lowest BCUT2D eigenvalue weighted by Crippen LogP contribution is -2.60. The van der Waals surface area contributed by atoms with Crippen LogP contribution in [0.15, 0.2) is 59.5 Å². The zero-order chi connectivity index (χ0) is 33.9. The highest BCUT2D eigenvalue weighted by Gasteiger charge is 2.54. The Kier molecular flexibility index (Phi) is 12.4. The van der Waals surface area contributed by atoms with E-state index in [0.29, 0.717) is 37.4 Å². The fraction of sp³-hybridized carbons (Fsp3) is 0.484. The number of carbonyl (C=O) groups is 4. The molecule has 256 valence electrons. The van der Waals surface area contributed by atoms with E-state index >= 15 is 0 Å². The van der Waals surface area contributed by atoms with E-state index in [1.54, 1.807) is 24.3 Å². The summed E-state index contributed by atoms with van der Waals surface area (Å²) in [5.41, 5.74) is 2.31. The molecule has 0 bridgehead atoms. The van der Waals surface area contributed by atoms with Crippen molar-refractivity contribution in [2.45, 2.75) is 73.3 Å². The largest absolute Gasteiger partial charge is 0.465 e. The van der Waals surface area contributed by atoms with Crippen molar-refractivity contribution in [2.24, 2.45) is 0 Å². The van der Waals surface area contributed by atoms with Crippen LogP contribution in [0.2, 0.25) is 0 Å². The molecule has 4 rings (SSSR count). The Morgan fingerprint density at radius 1 is 0.936 bits per heavy atom. The van der Waals surface area contributed by atoms with Crippen molar-refractivity contribution in [3.8, 4) is 11.5 Å². The second-order valence-electron chi connectivity index (χ2n) is 11.3. The highest BCUT2D eigenvalue weighted by Crippen LogP contribution is 2.37. The summed E-state index contributed by atoms with van der Waals surface area (Å²) in [7, 11) is -4.37. The second kappa shape index (κ2) is 16.4. The van der Waals surface area contributed by atoms with Crippen molar-refractivity contribution in [3.05, 3.63) is 54.6 Å². The minimum atomic E-state index is -4.37. The third-order valence-electron chi connectivity index (χ3n) is 8.14. The molecular formula is C31H40N4O11S. The van der Waals surface area contributed by atoms with E-state index in [1.165, 1.54) is 29.2 Å². The normalized spacial score (nSPS) is 18.4. The summed E-state index contributed by atoms with van der Waals surface area (Å²) in [4.78, 5) is 56.0. The molecule has 4 amide bonds. The Bertz CT molecular complexity index is 1470. The van der Waals surface area contributed by atoms with E-state index in [-0.39, 0.29) is 43.8 Å². The topological polar surface area (TPSA) is 210 Å². The number of hydrogen-bond donors (Lipinski definition) is 5. The van der Waals surface area contributed by atoms with Crippen LogP contribution in [-0.2, 0) is 29.0 Å². The molecule has 15 nitrogen and oxygen atoms in total. The number of carboxylic acid groups (broad SMARTS) is 2. The lowest BCUT2D eigenvalue weighted by atomic mass is 9.94. The van der Waals surface area contributed by atoms with Crippen LogP contribution in [0.5, 0.6) is 11.5 Å². The van der Waals surface area contributed by atoms with Gasteiger partial charge in [0.1, 0.15) is 17.5 Å². The number of likely N-dealkylation sites (tertiary alicyclic amines) is 1. The first kappa shape index (κ1) is 35.4. The summed E-state index contributed by atoms with van der Waals surface area (Å²) in [6, 6.07) is 13.5. The van der Waals surface area contributed by atoms with Crippen LogP contribution < -0.4 is 20.9 Å². The fourth-order valence-corrected chi connectivity index (χ4v) is 7.51. The highest BCUT2D eigenvalue weighted by molar-refractivity contribution is 7.93. The average molecular weight is 677 g/mol. The number of para-hydroxylation sites is 1. The SMILES string of the molecule is O=C(O)NCCCC[C@H](NC(=O)O)C(=O)N1CCC(C(=O)NOC2CCCCO2)(S(=O)(=O)c2ccc(Oc3ccccc3)cc2)CC1. The molecule has 0 aliphatic carbocycles. The summed E-state index contributed by atoms with van der Waals surface area (Å²) < 4.78 is 37.8. The molecule has 0 aromatic heterocycles. The van der Waals surface area contributed by atoms with Gasteiger partial charge in [0, 0.05) is 32.7 Å². The molecule has 2 aromatic rings. The molecule has 5 N–H and O–H groups in total. The van der Waals surface area contributed by atoms with Gasteiger partial charge in [-0.15, -0.1) is 0 Å². The van der Waals surface area contributed by atoms with Crippen LogP contribution >= 0.6 is 0 Å². The van der Waals surface area contributed by atoms with Gasteiger partial charge in [-0.3, -0.25) is 9.59 Å². The van der Waals surface area contributed by atoms with Crippen molar-refractivity contribution >= 4 is 33.8 Å². The van der Waals surface area contributed by atoms with Gasteiger partial charge in [0.15, 0.2) is 20.9 Å². The number of benzene rings is 2. The quantitative estimate of drug-likeness (QED) is 0.145. The van der Waals surface area contributed by atoms with Crippen LogP contribution in [0.4, 0.5) is 9.59 Å². The maximum Gasteiger partial charge on any atom is 0.405 e. The first-order chi connectivity index (χ1) is 22.5. The molecule has 2 aromatic carbocycles. The predicted molar refractivity (Wildman–Crippen MR) is 166 cm³/mol. The molecule has 2 atom stereocenters. The van der Waals surface area contributed by atoms with Gasteiger partial charge in [-0.1, -0.05) is 18.2 Å². The average Bonchev–Trinajstić information content (AvgIpc) is 3.07. The van der Waals surface area contributed by atoms with E-state index in [2.05, 4.69) is 16.1 Å². The van der Waals surface area contributed by atoms with E-state index in [1.807, 2.05) is 6.07 Å². The highest BCUT2D eigenvalue weighted by atomic mass is 32.2. The summed E-state index contributed by atoms with van der Waals surface area (Å²) in [5.74, 6) is -0.512. The van der Waals surface area contributed by atoms with E-state index in [0.717, 1.165) is 12.8 Å². The smallest absolute Gasteiger partial charge is 0.405 e. The van der Waals surface area contributed by atoms with Crippen molar-refractivity contribution in [3.63, 3.8) is 0 Å². The van der Waals surface area contributed by atoms with Crippen molar-refractivity contribution in [1.82, 2.24) is 21.0 Å². The number of carbonyl (C=O) groups excluding carboxylic acids is 2. The molecule has 2 fully saturated rings. The molecule has 2 saturated heterocycles. The van der Waals surface area contributed by atoms with E-state index in [9.17, 15) is 32.7 Å². The van der Waals surface area contributed by atoms with E-state index < -0.39 is 50.9 Å². The molecule has 2 aliphatic rings. The second-order valence-corrected chi connectivity index (χ2v) is 13.5. The Morgan fingerprint density at radius 3 is 2.23 bits per heavy atom. The lowest BCUT2D eigenvalue weighted by Gasteiger charge is -2.41. The molecule has 2 aliphatic heterocycles. The molecule has 0 spiro atoms. The summed E-state index contributed by atoms with van der Waals surface area (Å²) in [5, 5.41) is 22.5. The Labute approximate surface area is 272 Å². The summed E-state index contributed by atoms with van der Waals surface area (Å²) in [6.45, 7) is 0.272. The minimum absolute atomic E-state index is 0.0967. The maximum absolute atomic E-state index is 14.2. The van der Waals surface area contributed by atoms with Crippen LogP contribution in [0.25, 0.3) is 0 Å². The van der Waals surface area contributed by atoms with Gasteiger partial charge in [-0.25, -0.2) is 28.3 Å². The van der Waals surface area contributed by atoms with Gasteiger partial charge >= 0.3 is 12.2 Å². The number of hydroxylamine groups is 1. The van der Waals surface area contributed by atoms with Gasteiger partial charge in [-0.05, 0) is 81.3 Å². The van der Waals surface area contributed by atoms with Crippen LogP contribution in [0.1, 0.15) is 51.4 Å². The first-order valence-corrected chi connectivity index (χ1v) is 16.9. The molecule has 2 heterocycles. The minimum Gasteiger partial charge on any atom is -0.465 e. The van der Waals surface area contributed by atoms with Crippen LogP contribution in [-0.4, -0.2) is 90.9 Å². The Balaban J connectivity index is 1.51. The van der Waals surface area contributed by atoms with Crippen molar-refractivity contribution in [1.29, 1.82) is 0 Å². The number of piperidine rings is 1. The Hall–Kier alpha value is -4.41. The Morgan fingerprint density at radius 2 is 1.62 bits per heavy atom. The summed E-state index contributed by atoms with van der Waals surface area (Å²) >= 11 is 0. The van der Waals surface area contributed by atoms with Gasteiger partial charge in [-0.2, -0.15) is 0 Å². The van der Waals surface area contributed by atoms with Gasteiger partial charge in [0.05, 0.1) is 4.90 Å². The van der Waals surface area contributed by atoms with Crippen molar-refractivity contribution < 1.29 is 52.1 Å². The number of nitrogens with one attached hydrogen (secondary N) is 3. The standard InChI is InChI=1S/C31H40N4O11S/c36-27(25(33-30(40)41)10-4-6-18-32-29(38)39)35-19-16-31(17-20-35,28(37)34-46-26-11-5-7-21-44-26)47(42,43)24-14-12-23(13-15-24)45-22-8-2-1-3-9-22/h1-3,8-9,12-15,25-26,32-33H,4-7,10-11,16-21H2,(H,34,37)(H,38,39)(H,40,41)/t25-,26?/m0/s1. The number of unbranched alkanes of at least 4 members (excludes halogenated alkanes) is 1. The number of nitrogens with zero attached hydrogens (tertiary/aromatic N) is 1. The third-order valence-corrected chi connectivity index (χ3v) is 10.7. The number of hydrogen-bond acceptors (Lipinski definition) is 9. The monoisotopic (exact) mass is 676 g/mol. The first-order valence-electron chi connectivity index (χ1n) is 15.4.